The minimum absolute atomic E-state index is 0.273. The van der Waals surface area contributed by atoms with Crippen LogP contribution in [-0.2, 0) is 5.41 Å². The van der Waals surface area contributed by atoms with Gasteiger partial charge in [-0.05, 0) is 42.7 Å². The highest BCUT2D eigenvalue weighted by molar-refractivity contribution is 6.31. The number of nitrogens with zero attached hydrogens (tertiary/aromatic N) is 3. The number of aromatic nitrogens is 1. The predicted octanol–water partition coefficient (Wildman–Crippen LogP) is 3.99. The molecule has 1 aliphatic rings. The normalized spacial score (nSPS) is 16.0. The van der Waals surface area contributed by atoms with E-state index in [0.717, 1.165) is 43.3 Å². The van der Waals surface area contributed by atoms with Gasteiger partial charge in [-0.15, -0.1) is 0 Å². The fourth-order valence-corrected chi connectivity index (χ4v) is 4.04. The number of nitrogens with one attached hydrogen (secondary N) is 2. The van der Waals surface area contributed by atoms with Crippen LogP contribution in [0.4, 0.5) is 10.2 Å². The number of aliphatic imine (C=N–C) groups is 1. The molecule has 0 radical (unpaired) electrons. The molecule has 0 atom stereocenters. The Balaban J connectivity index is 1.52. The van der Waals surface area contributed by atoms with Crippen molar-refractivity contribution in [1.82, 2.24) is 15.6 Å². The monoisotopic (exact) mass is 417 g/mol. The Morgan fingerprint density at radius 1 is 1.28 bits per heavy atom. The lowest BCUT2D eigenvalue weighted by atomic mass is 9.84. The van der Waals surface area contributed by atoms with Gasteiger partial charge in [-0.25, -0.2) is 9.37 Å². The van der Waals surface area contributed by atoms with Crippen LogP contribution < -0.4 is 15.5 Å². The van der Waals surface area contributed by atoms with E-state index in [0.29, 0.717) is 17.6 Å². The lowest BCUT2D eigenvalue weighted by Gasteiger charge is -2.34. The maximum Gasteiger partial charge on any atom is 0.191 e. The van der Waals surface area contributed by atoms with Gasteiger partial charge in [0.1, 0.15) is 11.6 Å². The fourth-order valence-electron chi connectivity index (χ4n) is 3.62. The summed E-state index contributed by atoms with van der Waals surface area (Å²) < 4.78 is 13.4. The highest BCUT2D eigenvalue weighted by Crippen LogP contribution is 2.30. The zero-order valence-electron chi connectivity index (χ0n) is 17.3. The van der Waals surface area contributed by atoms with Crippen LogP contribution in [-0.4, -0.2) is 43.7 Å². The molecule has 3 rings (SSSR count). The van der Waals surface area contributed by atoms with Gasteiger partial charge in [-0.2, -0.15) is 0 Å². The predicted molar refractivity (Wildman–Crippen MR) is 118 cm³/mol. The first-order valence-corrected chi connectivity index (χ1v) is 10.4. The average molecular weight is 418 g/mol. The summed E-state index contributed by atoms with van der Waals surface area (Å²) in [6, 6.07) is 10.9. The van der Waals surface area contributed by atoms with E-state index >= 15 is 0 Å². The largest absolute Gasteiger partial charge is 0.356 e. The highest BCUT2D eigenvalue weighted by atomic mass is 35.5. The second-order valence-electron chi connectivity index (χ2n) is 8.03. The Hall–Kier alpha value is -2.34. The maximum absolute atomic E-state index is 13.4. The van der Waals surface area contributed by atoms with Crippen molar-refractivity contribution < 1.29 is 4.39 Å². The zero-order valence-corrected chi connectivity index (χ0v) is 18.0. The Morgan fingerprint density at radius 2 is 2.03 bits per heavy atom. The number of rotatable bonds is 5. The molecule has 0 unspecified atom stereocenters. The third-order valence-corrected chi connectivity index (χ3v) is 5.70. The van der Waals surface area contributed by atoms with Crippen LogP contribution >= 0.6 is 11.6 Å². The summed E-state index contributed by atoms with van der Waals surface area (Å²) in [7, 11) is 1.77. The molecule has 1 aromatic heterocycles. The molecule has 2 aromatic rings. The average Bonchev–Trinajstić information content (AvgIpc) is 2.72. The van der Waals surface area contributed by atoms with Crippen LogP contribution in [0.15, 0.2) is 47.6 Å². The molecule has 2 heterocycles. The third kappa shape index (κ3) is 5.60. The van der Waals surface area contributed by atoms with Crippen LogP contribution in [0.25, 0.3) is 0 Å². The number of hydrogen-bond donors (Lipinski definition) is 2. The third-order valence-electron chi connectivity index (χ3n) is 5.39. The van der Waals surface area contributed by atoms with E-state index in [1.54, 1.807) is 13.1 Å². The SMILES string of the molecule is CN=C(NCC(C)(C)c1ccc(F)cc1Cl)NC1CCN(c2ccccn2)CC1. The summed E-state index contributed by atoms with van der Waals surface area (Å²) in [6.07, 6.45) is 3.87. The van der Waals surface area contributed by atoms with Crippen molar-refractivity contribution in [3.05, 3.63) is 59.0 Å². The fraction of sp³-hybridized carbons (Fsp3) is 0.455. The van der Waals surface area contributed by atoms with Crippen LogP contribution in [0, 0.1) is 5.82 Å². The summed E-state index contributed by atoms with van der Waals surface area (Å²) in [5.74, 6) is 1.48. The van der Waals surface area contributed by atoms with Gasteiger partial charge in [0.2, 0.25) is 0 Å². The summed E-state index contributed by atoms with van der Waals surface area (Å²) in [5, 5.41) is 7.37. The van der Waals surface area contributed by atoms with Crippen LogP contribution in [0.5, 0.6) is 0 Å². The quantitative estimate of drug-likeness (QED) is 0.570. The van der Waals surface area contributed by atoms with Gasteiger partial charge in [0.15, 0.2) is 5.96 Å². The number of benzene rings is 1. The number of hydrogen-bond acceptors (Lipinski definition) is 3. The molecule has 156 valence electrons. The Bertz CT molecular complexity index is 832. The molecule has 0 saturated carbocycles. The van der Waals surface area contributed by atoms with Crippen molar-refractivity contribution in [1.29, 1.82) is 0 Å². The number of pyridine rings is 1. The molecule has 5 nitrogen and oxygen atoms in total. The van der Waals surface area contributed by atoms with Crippen molar-refractivity contribution in [2.75, 3.05) is 31.6 Å². The van der Waals surface area contributed by atoms with E-state index in [9.17, 15) is 4.39 Å². The first-order chi connectivity index (χ1) is 13.9. The molecule has 2 N–H and O–H groups in total. The van der Waals surface area contributed by atoms with Crippen LogP contribution in [0.3, 0.4) is 0 Å². The van der Waals surface area contributed by atoms with E-state index in [4.69, 9.17) is 11.6 Å². The Kier molecular flexibility index (Phi) is 6.96. The molecule has 0 spiro atoms. The number of halogens is 2. The molecule has 7 heteroatoms. The second kappa shape index (κ2) is 9.44. The number of anilines is 1. The summed E-state index contributed by atoms with van der Waals surface area (Å²) >= 11 is 6.26. The lowest BCUT2D eigenvalue weighted by molar-refractivity contribution is 0.452. The van der Waals surface area contributed by atoms with E-state index < -0.39 is 0 Å². The van der Waals surface area contributed by atoms with Gasteiger partial charge < -0.3 is 15.5 Å². The minimum atomic E-state index is -0.322. The van der Waals surface area contributed by atoms with Gasteiger partial charge >= 0.3 is 0 Å². The van der Waals surface area contributed by atoms with Gasteiger partial charge in [-0.3, -0.25) is 4.99 Å². The topological polar surface area (TPSA) is 52.6 Å². The highest BCUT2D eigenvalue weighted by Gasteiger charge is 2.25. The van der Waals surface area contributed by atoms with Crippen molar-refractivity contribution >= 4 is 23.4 Å². The first kappa shape index (κ1) is 21.4. The molecular formula is C22H29ClFN5. The summed E-state index contributed by atoms with van der Waals surface area (Å²) in [6.45, 7) is 6.71. The van der Waals surface area contributed by atoms with Gasteiger partial charge in [0.25, 0.3) is 0 Å². The standard InChI is InChI=1S/C22H29ClFN5/c1-22(2,18-8-7-16(24)14-19(18)23)15-27-21(25-3)28-17-9-12-29(13-10-17)20-6-4-5-11-26-20/h4-8,11,14,17H,9-10,12-13,15H2,1-3H3,(H2,25,27,28). The first-order valence-electron chi connectivity index (χ1n) is 9.98. The zero-order chi connectivity index (χ0) is 20.9. The summed E-state index contributed by atoms with van der Waals surface area (Å²) in [4.78, 5) is 11.1. The molecule has 1 aliphatic heterocycles. The number of piperidine rings is 1. The molecule has 0 aliphatic carbocycles. The summed E-state index contributed by atoms with van der Waals surface area (Å²) in [5.41, 5.74) is 0.636. The Morgan fingerprint density at radius 3 is 2.66 bits per heavy atom. The van der Waals surface area contributed by atoms with Gasteiger partial charge in [0.05, 0.1) is 0 Å². The van der Waals surface area contributed by atoms with E-state index in [-0.39, 0.29) is 11.2 Å². The molecule has 29 heavy (non-hydrogen) atoms. The van der Waals surface area contributed by atoms with Crippen molar-refractivity contribution in [2.45, 2.75) is 38.1 Å². The van der Waals surface area contributed by atoms with Crippen molar-refractivity contribution in [3.63, 3.8) is 0 Å². The molecule has 1 saturated heterocycles. The molecular weight excluding hydrogens is 389 g/mol. The van der Waals surface area contributed by atoms with E-state index in [1.807, 2.05) is 18.3 Å². The minimum Gasteiger partial charge on any atom is -0.356 e. The van der Waals surface area contributed by atoms with Crippen molar-refractivity contribution in [2.24, 2.45) is 4.99 Å². The van der Waals surface area contributed by atoms with Crippen molar-refractivity contribution in [3.8, 4) is 0 Å². The molecule has 0 amide bonds. The van der Waals surface area contributed by atoms with Crippen LogP contribution in [0.1, 0.15) is 32.3 Å². The maximum atomic E-state index is 13.4. The number of guanidine groups is 1. The smallest absolute Gasteiger partial charge is 0.191 e. The van der Waals surface area contributed by atoms with Crippen LogP contribution in [0.2, 0.25) is 5.02 Å². The Labute approximate surface area is 177 Å². The lowest BCUT2D eigenvalue weighted by Crippen LogP contribution is -2.50. The van der Waals surface area contributed by atoms with E-state index in [1.165, 1.54) is 12.1 Å². The molecule has 1 aromatic carbocycles. The van der Waals surface area contributed by atoms with E-state index in [2.05, 4.69) is 45.4 Å². The van der Waals surface area contributed by atoms with Gasteiger partial charge in [-0.1, -0.05) is 37.6 Å². The van der Waals surface area contributed by atoms with Gasteiger partial charge in [0, 0.05) is 49.4 Å². The second-order valence-corrected chi connectivity index (χ2v) is 8.43. The molecule has 1 fully saturated rings. The molecule has 0 bridgehead atoms.